The van der Waals surface area contributed by atoms with E-state index in [0.717, 1.165) is 22.8 Å². The summed E-state index contributed by atoms with van der Waals surface area (Å²) in [6, 6.07) is 14.5. The molecule has 1 heterocycles. The Morgan fingerprint density at radius 3 is 2.14 bits per heavy atom. The summed E-state index contributed by atoms with van der Waals surface area (Å²) in [4.78, 5) is 10.2. The monoisotopic (exact) mass is 479 g/mol. The Balaban J connectivity index is 0.000000550. The molecule has 1 aromatic heterocycles. The smallest absolute Gasteiger partial charge is 0.138 e. The van der Waals surface area contributed by atoms with Crippen LogP contribution in [0.3, 0.4) is 0 Å². The van der Waals surface area contributed by atoms with Crippen molar-refractivity contribution in [3.8, 4) is 11.4 Å². The summed E-state index contributed by atoms with van der Waals surface area (Å²) in [5, 5.41) is 0. The first-order chi connectivity index (χ1) is 16.7. The number of hydrogen-bond donors (Lipinski definition) is 1. The molecule has 1 atom stereocenters. The Kier molecular flexibility index (Phi) is 17.6. The van der Waals surface area contributed by atoms with Crippen molar-refractivity contribution in [3.63, 3.8) is 0 Å². The summed E-state index contributed by atoms with van der Waals surface area (Å²) in [5.74, 6) is 1.73. The number of nitrogens with one attached hydrogen (secondary N) is 1. The highest BCUT2D eigenvalue weighted by atomic mass is 15.0. The van der Waals surface area contributed by atoms with E-state index in [9.17, 15) is 0 Å². The molecule has 2 aromatic carbocycles. The van der Waals surface area contributed by atoms with Crippen LogP contribution in [-0.4, -0.2) is 35.5 Å². The fourth-order valence-electron chi connectivity index (χ4n) is 3.77. The van der Waals surface area contributed by atoms with E-state index in [2.05, 4.69) is 101 Å². The molecule has 0 saturated carbocycles. The molecular formula is C32H53N3. The zero-order valence-corrected chi connectivity index (χ0v) is 24.5. The first-order valence-corrected chi connectivity index (χ1v) is 13.6. The van der Waals surface area contributed by atoms with Gasteiger partial charge in [0.25, 0.3) is 0 Å². The average molecular weight is 480 g/mol. The van der Waals surface area contributed by atoms with Crippen molar-refractivity contribution in [2.45, 2.75) is 87.5 Å². The highest BCUT2D eigenvalue weighted by molar-refractivity contribution is 5.79. The molecule has 3 aromatic rings. The number of allylic oxidation sites excluding steroid dienone is 1. The molecule has 0 aliphatic carbocycles. The van der Waals surface area contributed by atoms with E-state index in [-0.39, 0.29) is 0 Å². The fourth-order valence-corrected chi connectivity index (χ4v) is 3.77. The Hall–Kier alpha value is -2.39. The van der Waals surface area contributed by atoms with Crippen molar-refractivity contribution in [3.05, 3.63) is 65.7 Å². The van der Waals surface area contributed by atoms with Crippen LogP contribution in [0.15, 0.2) is 54.6 Å². The van der Waals surface area contributed by atoms with Gasteiger partial charge in [0.1, 0.15) is 5.82 Å². The van der Waals surface area contributed by atoms with E-state index < -0.39 is 0 Å². The van der Waals surface area contributed by atoms with Gasteiger partial charge in [0.2, 0.25) is 0 Å². The van der Waals surface area contributed by atoms with Crippen molar-refractivity contribution < 1.29 is 0 Å². The van der Waals surface area contributed by atoms with E-state index in [1.807, 2.05) is 32.0 Å². The van der Waals surface area contributed by atoms with Gasteiger partial charge in [-0.05, 0) is 90.4 Å². The average Bonchev–Trinajstić information content (AvgIpc) is 3.27. The molecule has 0 saturated heterocycles. The summed E-state index contributed by atoms with van der Waals surface area (Å²) >= 11 is 0. The molecule has 0 aliphatic heterocycles. The van der Waals surface area contributed by atoms with Crippen LogP contribution < -0.4 is 0 Å². The zero-order valence-electron chi connectivity index (χ0n) is 24.5. The highest BCUT2D eigenvalue weighted by Gasteiger charge is 2.07. The second-order valence-corrected chi connectivity index (χ2v) is 9.32. The van der Waals surface area contributed by atoms with Gasteiger partial charge in [0.15, 0.2) is 0 Å². The van der Waals surface area contributed by atoms with Gasteiger partial charge in [-0.3, -0.25) is 0 Å². The number of benzene rings is 2. The number of nitrogens with zero attached hydrogens (tertiary/aromatic N) is 2. The van der Waals surface area contributed by atoms with Crippen molar-refractivity contribution in [2.24, 2.45) is 5.92 Å². The van der Waals surface area contributed by atoms with Crippen molar-refractivity contribution >= 4 is 11.0 Å². The van der Waals surface area contributed by atoms with Crippen LogP contribution >= 0.6 is 0 Å². The van der Waals surface area contributed by atoms with Crippen molar-refractivity contribution in [2.75, 3.05) is 20.6 Å². The topological polar surface area (TPSA) is 31.9 Å². The third-order valence-corrected chi connectivity index (χ3v) is 5.80. The molecule has 0 aliphatic rings. The van der Waals surface area contributed by atoms with E-state index in [0.29, 0.717) is 0 Å². The Morgan fingerprint density at radius 2 is 1.66 bits per heavy atom. The summed E-state index contributed by atoms with van der Waals surface area (Å²) in [6.45, 7) is 22.2. The largest absolute Gasteiger partial charge is 0.338 e. The van der Waals surface area contributed by atoms with Crippen molar-refractivity contribution in [1.29, 1.82) is 0 Å². The lowest BCUT2D eigenvalue weighted by atomic mass is 9.93. The lowest BCUT2D eigenvalue weighted by molar-refractivity contribution is 0.408. The summed E-state index contributed by atoms with van der Waals surface area (Å²) in [7, 11) is 4.17. The maximum absolute atomic E-state index is 4.63. The molecule has 0 amide bonds. The summed E-state index contributed by atoms with van der Waals surface area (Å²) < 4.78 is 0. The SMILES string of the molecule is C=C(C)C(CC)CCCC.CC.CCCN(C)C.Cc1ccc(C)c(-c2nc3ccccc3[nH]2)c1. The summed E-state index contributed by atoms with van der Waals surface area (Å²) in [6.07, 6.45) is 6.51. The van der Waals surface area contributed by atoms with Crippen LogP contribution in [0.1, 0.15) is 84.8 Å². The first kappa shape index (κ1) is 32.6. The van der Waals surface area contributed by atoms with Gasteiger partial charge in [-0.1, -0.05) is 89.4 Å². The molecule has 3 rings (SSSR count). The van der Waals surface area contributed by atoms with E-state index in [4.69, 9.17) is 0 Å². The minimum absolute atomic E-state index is 0.778. The number of imidazole rings is 1. The summed E-state index contributed by atoms with van der Waals surface area (Å²) in [5.41, 5.74) is 7.14. The van der Waals surface area contributed by atoms with Gasteiger partial charge in [0, 0.05) is 5.56 Å². The predicted octanol–water partition coefficient (Wildman–Crippen LogP) is 9.61. The standard InChI is InChI=1S/C15H14N2.C10H20.C5H13N.C2H6/c1-10-7-8-11(2)12(9-10)15-16-13-5-3-4-6-14(13)17-15;1-5-7-8-10(6-2)9(3)4;1-4-5-6(2)3;1-2/h3-9H,1-2H3,(H,16,17);10H,3,5-8H2,1-2,4H3;4-5H2,1-3H3;1-2H3. The molecule has 0 bridgehead atoms. The number of aromatic amines is 1. The maximum atomic E-state index is 4.63. The molecule has 0 fully saturated rings. The van der Waals surface area contributed by atoms with Gasteiger partial charge in [-0.25, -0.2) is 4.98 Å². The van der Waals surface area contributed by atoms with E-state index >= 15 is 0 Å². The highest BCUT2D eigenvalue weighted by Crippen LogP contribution is 2.24. The Bertz CT molecular complexity index is 919. The number of unbranched alkanes of at least 4 members (excludes halogenated alkanes) is 1. The molecule has 1 unspecified atom stereocenters. The number of aryl methyl sites for hydroxylation is 2. The number of fused-ring (bicyclic) bond motifs is 1. The number of rotatable bonds is 8. The number of hydrogen-bond acceptors (Lipinski definition) is 2. The van der Waals surface area contributed by atoms with E-state index in [1.165, 1.54) is 60.9 Å². The van der Waals surface area contributed by atoms with Crippen LogP contribution in [0.25, 0.3) is 22.4 Å². The van der Waals surface area contributed by atoms with Crippen LogP contribution in [0.4, 0.5) is 0 Å². The quantitative estimate of drug-likeness (QED) is 0.326. The van der Waals surface area contributed by atoms with Crippen LogP contribution in [-0.2, 0) is 0 Å². The van der Waals surface area contributed by atoms with Gasteiger partial charge in [0.05, 0.1) is 11.0 Å². The molecule has 196 valence electrons. The number of aromatic nitrogens is 2. The molecular weight excluding hydrogens is 426 g/mol. The lowest BCUT2D eigenvalue weighted by Crippen LogP contribution is -2.11. The van der Waals surface area contributed by atoms with Crippen LogP contribution in [0.2, 0.25) is 0 Å². The number of H-pyrrole nitrogens is 1. The normalized spacial score (nSPS) is 10.9. The predicted molar refractivity (Wildman–Crippen MR) is 159 cm³/mol. The molecule has 3 heteroatoms. The molecule has 35 heavy (non-hydrogen) atoms. The van der Waals surface area contributed by atoms with Gasteiger partial charge < -0.3 is 9.88 Å². The van der Waals surface area contributed by atoms with Gasteiger partial charge >= 0.3 is 0 Å². The molecule has 0 spiro atoms. The molecule has 1 N–H and O–H groups in total. The Labute approximate surface area is 217 Å². The maximum Gasteiger partial charge on any atom is 0.138 e. The van der Waals surface area contributed by atoms with Gasteiger partial charge in [-0.2, -0.15) is 0 Å². The number of para-hydroxylation sites is 2. The van der Waals surface area contributed by atoms with Crippen LogP contribution in [0.5, 0.6) is 0 Å². The third-order valence-electron chi connectivity index (χ3n) is 5.80. The van der Waals surface area contributed by atoms with E-state index in [1.54, 1.807) is 0 Å². The second-order valence-electron chi connectivity index (χ2n) is 9.32. The third kappa shape index (κ3) is 12.8. The minimum atomic E-state index is 0.778. The second kappa shape index (κ2) is 18.9. The van der Waals surface area contributed by atoms with Crippen LogP contribution in [0, 0.1) is 19.8 Å². The fraction of sp³-hybridized carbons (Fsp3) is 0.531. The Morgan fingerprint density at radius 1 is 1.00 bits per heavy atom. The zero-order chi connectivity index (χ0) is 26.8. The molecule has 0 radical (unpaired) electrons. The van der Waals surface area contributed by atoms with Gasteiger partial charge in [-0.15, -0.1) is 0 Å². The lowest BCUT2D eigenvalue weighted by Gasteiger charge is -2.13. The van der Waals surface area contributed by atoms with Crippen molar-refractivity contribution in [1.82, 2.24) is 14.9 Å². The molecule has 3 nitrogen and oxygen atoms in total. The first-order valence-electron chi connectivity index (χ1n) is 13.6. The minimum Gasteiger partial charge on any atom is -0.338 e.